The van der Waals surface area contributed by atoms with Gasteiger partial charge in [0.25, 0.3) is 0 Å². The van der Waals surface area contributed by atoms with Crippen LogP contribution >= 0.6 is 11.6 Å². The Morgan fingerprint density at radius 2 is 2.28 bits per heavy atom. The minimum Gasteiger partial charge on any atom is -0.487 e. The molecule has 2 aliphatic rings. The number of halogens is 1. The summed E-state index contributed by atoms with van der Waals surface area (Å²) in [5, 5.41) is 4.14. The van der Waals surface area contributed by atoms with E-state index >= 15 is 0 Å². The molecule has 0 aromatic heterocycles. The Morgan fingerprint density at radius 1 is 1.44 bits per heavy atom. The van der Waals surface area contributed by atoms with Crippen molar-refractivity contribution in [2.24, 2.45) is 5.16 Å². The number of benzene rings is 1. The fourth-order valence-electron chi connectivity index (χ4n) is 2.51. The van der Waals surface area contributed by atoms with E-state index in [1.165, 1.54) is 5.56 Å². The van der Waals surface area contributed by atoms with Crippen LogP contribution in [-0.2, 0) is 11.3 Å². The molecule has 0 fully saturated rings. The number of hydrogen-bond acceptors (Lipinski definition) is 3. The van der Waals surface area contributed by atoms with Crippen LogP contribution in [0.2, 0.25) is 0 Å². The van der Waals surface area contributed by atoms with Crippen molar-refractivity contribution < 1.29 is 9.57 Å². The number of fused-ring (bicyclic) bond motifs is 1. The zero-order valence-corrected chi connectivity index (χ0v) is 11.3. The van der Waals surface area contributed by atoms with E-state index in [0.717, 1.165) is 29.9 Å². The number of rotatable bonds is 2. The minimum absolute atomic E-state index is 0.00747. The first-order valence-electron chi connectivity index (χ1n) is 6.19. The Labute approximate surface area is 112 Å². The zero-order chi connectivity index (χ0) is 12.8. The van der Waals surface area contributed by atoms with Gasteiger partial charge in [-0.3, -0.25) is 0 Å². The normalized spacial score (nSPS) is 24.2. The molecule has 18 heavy (non-hydrogen) atoms. The molecule has 0 spiro atoms. The van der Waals surface area contributed by atoms with E-state index in [1.54, 1.807) is 0 Å². The van der Waals surface area contributed by atoms with Crippen molar-refractivity contribution in [2.75, 3.05) is 5.88 Å². The zero-order valence-electron chi connectivity index (χ0n) is 10.6. The molecule has 1 atom stereocenters. The van der Waals surface area contributed by atoms with Gasteiger partial charge in [-0.1, -0.05) is 17.3 Å². The maximum absolute atomic E-state index is 6.04. The molecule has 0 bridgehead atoms. The fraction of sp³-hybridized carbons (Fsp3) is 0.500. The highest BCUT2D eigenvalue weighted by molar-refractivity contribution is 6.18. The van der Waals surface area contributed by atoms with Crippen LogP contribution in [0.5, 0.6) is 5.75 Å². The van der Waals surface area contributed by atoms with Crippen LogP contribution in [0.3, 0.4) is 0 Å². The highest BCUT2D eigenvalue weighted by Gasteiger charge is 2.34. The molecule has 1 unspecified atom stereocenters. The molecule has 2 heterocycles. The second kappa shape index (κ2) is 4.16. The molecule has 4 heteroatoms. The van der Waals surface area contributed by atoms with Gasteiger partial charge in [0.05, 0.1) is 11.6 Å². The second-order valence-electron chi connectivity index (χ2n) is 5.46. The van der Waals surface area contributed by atoms with E-state index in [2.05, 4.69) is 31.1 Å². The Morgan fingerprint density at radius 3 is 3.00 bits per heavy atom. The number of nitrogens with zero attached hydrogens (tertiary/aromatic N) is 1. The van der Waals surface area contributed by atoms with Crippen molar-refractivity contribution in [1.29, 1.82) is 0 Å². The molecule has 0 amide bonds. The average molecular weight is 266 g/mol. The second-order valence-corrected chi connectivity index (χ2v) is 5.76. The van der Waals surface area contributed by atoms with Gasteiger partial charge in [-0.15, -0.1) is 11.6 Å². The van der Waals surface area contributed by atoms with Gasteiger partial charge in [-0.05, 0) is 25.5 Å². The van der Waals surface area contributed by atoms with Gasteiger partial charge in [0.15, 0.2) is 0 Å². The molecule has 0 aliphatic carbocycles. The largest absolute Gasteiger partial charge is 0.487 e. The predicted octanol–water partition coefficient (Wildman–Crippen LogP) is 3.13. The predicted molar refractivity (Wildman–Crippen MR) is 71.6 cm³/mol. The molecule has 0 N–H and O–H groups in total. The van der Waals surface area contributed by atoms with Crippen LogP contribution in [0.1, 0.15) is 31.4 Å². The van der Waals surface area contributed by atoms with Crippen molar-refractivity contribution in [3.63, 3.8) is 0 Å². The van der Waals surface area contributed by atoms with Gasteiger partial charge >= 0.3 is 0 Å². The van der Waals surface area contributed by atoms with Crippen molar-refractivity contribution in [3.05, 3.63) is 29.3 Å². The van der Waals surface area contributed by atoms with Crippen molar-refractivity contribution >= 4 is 17.3 Å². The quantitative estimate of drug-likeness (QED) is 0.769. The molecule has 1 aromatic rings. The Balaban J connectivity index is 1.94. The Kier molecular flexibility index (Phi) is 2.74. The highest BCUT2D eigenvalue weighted by atomic mass is 35.5. The van der Waals surface area contributed by atoms with Gasteiger partial charge in [0, 0.05) is 18.4 Å². The molecular formula is C14H16ClNO2. The molecule has 3 nitrogen and oxygen atoms in total. The summed E-state index contributed by atoms with van der Waals surface area (Å²) in [4.78, 5) is 5.28. The maximum Gasteiger partial charge on any atom is 0.146 e. The van der Waals surface area contributed by atoms with E-state index in [4.69, 9.17) is 21.2 Å². The third kappa shape index (κ3) is 1.97. The molecule has 0 saturated carbocycles. The van der Waals surface area contributed by atoms with Crippen LogP contribution in [0, 0.1) is 0 Å². The Hall–Kier alpha value is -1.22. The third-order valence-corrected chi connectivity index (χ3v) is 3.65. The summed E-state index contributed by atoms with van der Waals surface area (Å²) in [7, 11) is 0. The summed E-state index contributed by atoms with van der Waals surface area (Å²) in [5.74, 6) is 1.43. The van der Waals surface area contributed by atoms with Gasteiger partial charge in [-0.2, -0.15) is 0 Å². The maximum atomic E-state index is 6.04. The summed E-state index contributed by atoms with van der Waals surface area (Å²) in [6.45, 7) is 4.20. The number of oxime groups is 1. The van der Waals surface area contributed by atoms with Crippen LogP contribution < -0.4 is 4.74 Å². The number of hydrogen-bond donors (Lipinski definition) is 0. The van der Waals surface area contributed by atoms with Gasteiger partial charge < -0.3 is 9.57 Å². The topological polar surface area (TPSA) is 30.8 Å². The van der Waals surface area contributed by atoms with E-state index in [1.807, 2.05) is 6.07 Å². The SMILES string of the molecule is CC1(C)Cc2cccc(C3=NOC(CCl)C3)c2O1. The van der Waals surface area contributed by atoms with Crippen molar-refractivity contribution in [3.8, 4) is 5.75 Å². The van der Waals surface area contributed by atoms with E-state index in [9.17, 15) is 0 Å². The summed E-state index contributed by atoms with van der Waals surface area (Å²) in [5.41, 5.74) is 3.10. The first-order valence-corrected chi connectivity index (χ1v) is 6.72. The first kappa shape index (κ1) is 11.8. The average Bonchev–Trinajstić information content (AvgIpc) is 2.89. The molecular weight excluding hydrogens is 250 g/mol. The van der Waals surface area contributed by atoms with E-state index in [0.29, 0.717) is 5.88 Å². The lowest BCUT2D eigenvalue weighted by Crippen LogP contribution is -2.25. The summed E-state index contributed by atoms with van der Waals surface area (Å²) in [6, 6.07) is 6.21. The molecule has 3 rings (SSSR count). The molecule has 96 valence electrons. The highest BCUT2D eigenvalue weighted by Crippen LogP contribution is 2.39. The lowest BCUT2D eigenvalue weighted by Gasteiger charge is -2.18. The lowest BCUT2D eigenvalue weighted by atomic mass is 9.98. The standard InChI is InChI=1S/C14H16ClNO2/c1-14(2)7-9-4-3-5-11(13(9)17-14)12-6-10(8-15)18-16-12/h3-5,10H,6-8H2,1-2H3. The van der Waals surface area contributed by atoms with Crippen LogP contribution in [0.4, 0.5) is 0 Å². The smallest absolute Gasteiger partial charge is 0.146 e. The van der Waals surface area contributed by atoms with Gasteiger partial charge in [0.1, 0.15) is 17.5 Å². The van der Waals surface area contributed by atoms with Crippen molar-refractivity contribution in [2.45, 2.75) is 38.4 Å². The molecule has 2 aliphatic heterocycles. The number of alkyl halides is 1. The first-order chi connectivity index (χ1) is 8.59. The minimum atomic E-state index is -0.135. The van der Waals surface area contributed by atoms with Gasteiger partial charge in [-0.25, -0.2) is 0 Å². The molecule has 1 aromatic carbocycles. The summed E-state index contributed by atoms with van der Waals surface area (Å²) < 4.78 is 6.04. The lowest BCUT2D eigenvalue weighted by molar-refractivity contribution is 0.102. The van der Waals surface area contributed by atoms with Gasteiger partial charge in [0.2, 0.25) is 0 Å². The van der Waals surface area contributed by atoms with Crippen LogP contribution in [-0.4, -0.2) is 23.3 Å². The van der Waals surface area contributed by atoms with Crippen LogP contribution in [0.25, 0.3) is 0 Å². The summed E-state index contributed by atoms with van der Waals surface area (Å²) >= 11 is 5.79. The van der Waals surface area contributed by atoms with E-state index in [-0.39, 0.29) is 11.7 Å². The van der Waals surface area contributed by atoms with E-state index < -0.39 is 0 Å². The third-order valence-electron chi connectivity index (χ3n) is 3.31. The monoisotopic (exact) mass is 265 g/mol. The number of para-hydroxylation sites is 1. The fourth-order valence-corrected chi connectivity index (χ4v) is 2.68. The van der Waals surface area contributed by atoms with Crippen LogP contribution in [0.15, 0.2) is 23.4 Å². The molecule has 0 saturated heterocycles. The summed E-state index contributed by atoms with van der Waals surface area (Å²) in [6.07, 6.45) is 1.68. The number of ether oxygens (including phenoxy) is 1. The Bertz CT molecular complexity index is 511. The molecule has 0 radical (unpaired) electrons. The van der Waals surface area contributed by atoms with Crippen molar-refractivity contribution in [1.82, 2.24) is 0 Å².